The fraction of sp³-hybridized carbons (Fsp3) is 0.500. The first-order valence-corrected chi connectivity index (χ1v) is 7.75. The number of rotatable bonds is 4. The number of aryl methyl sites for hydroxylation is 1. The van der Waals surface area contributed by atoms with Crippen molar-refractivity contribution in [2.75, 3.05) is 14.2 Å². The summed E-state index contributed by atoms with van der Waals surface area (Å²) in [7, 11) is 5.26. The van der Waals surface area contributed by atoms with Crippen LogP contribution in [-0.2, 0) is 29.7 Å². The summed E-state index contributed by atoms with van der Waals surface area (Å²) in [5.41, 5.74) is 2.33. The van der Waals surface area contributed by atoms with Gasteiger partial charge in [-0.2, -0.15) is 5.10 Å². The zero-order chi connectivity index (χ0) is 17.2. The predicted molar refractivity (Wildman–Crippen MR) is 93.8 cm³/mol. The standard InChI is InChI=1S/C8H10O.C6H10N2O.2C2H6/c1-9-7-8-5-3-2-4-6-8;1-8-4-6(3-7-8)5-9-2;2*1-2/h2-6H,7H2,1H3;3-4H,5H2,1-2H3;2*1-2H3. The zero-order valence-corrected chi connectivity index (χ0v) is 15.2. The highest BCUT2D eigenvalue weighted by Crippen LogP contribution is 1.98. The first kappa shape index (κ1) is 22.6. The van der Waals surface area contributed by atoms with Gasteiger partial charge in [0.05, 0.1) is 19.4 Å². The van der Waals surface area contributed by atoms with Gasteiger partial charge in [-0.3, -0.25) is 4.68 Å². The minimum atomic E-state index is 0.647. The SMILES string of the molecule is CC.CC.COCc1ccccc1.COCc1cnn(C)c1. The van der Waals surface area contributed by atoms with Crippen LogP contribution in [0.2, 0.25) is 0 Å². The maximum Gasteiger partial charge on any atom is 0.0743 e. The summed E-state index contributed by atoms with van der Waals surface area (Å²) < 4.78 is 11.6. The summed E-state index contributed by atoms with van der Waals surface area (Å²) in [6.45, 7) is 9.36. The molecule has 0 aliphatic heterocycles. The number of aromatic nitrogens is 2. The fourth-order valence-electron chi connectivity index (χ4n) is 1.45. The van der Waals surface area contributed by atoms with E-state index in [-0.39, 0.29) is 0 Å². The maximum atomic E-state index is 4.93. The van der Waals surface area contributed by atoms with Crippen LogP contribution in [0.25, 0.3) is 0 Å². The molecule has 2 rings (SSSR count). The molecule has 0 unspecified atom stereocenters. The first-order chi connectivity index (χ1) is 10.8. The molecule has 4 heteroatoms. The average molecular weight is 308 g/mol. The second-order valence-corrected chi connectivity index (χ2v) is 3.87. The highest BCUT2D eigenvalue weighted by atomic mass is 16.5. The van der Waals surface area contributed by atoms with E-state index in [1.165, 1.54) is 5.56 Å². The molecule has 0 N–H and O–H groups in total. The van der Waals surface area contributed by atoms with Crippen LogP contribution in [0.4, 0.5) is 0 Å². The molecule has 1 aromatic heterocycles. The molecule has 0 fully saturated rings. The summed E-state index contributed by atoms with van der Waals surface area (Å²) in [6, 6.07) is 10.1. The molecule has 0 bridgehead atoms. The van der Waals surface area contributed by atoms with Gasteiger partial charge in [-0.15, -0.1) is 0 Å². The summed E-state index contributed by atoms with van der Waals surface area (Å²) >= 11 is 0. The largest absolute Gasteiger partial charge is 0.380 e. The summed E-state index contributed by atoms with van der Waals surface area (Å²) in [4.78, 5) is 0. The average Bonchev–Trinajstić information content (AvgIpc) is 2.99. The molecule has 2 aromatic rings. The second kappa shape index (κ2) is 17.4. The molecular formula is C18H32N2O2. The van der Waals surface area contributed by atoms with Gasteiger partial charge >= 0.3 is 0 Å². The van der Waals surface area contributed by atoms with E-state index in [1.807, 2.05) is 71.3 Å². The first-order valence-electron chi connectivity index (χ1n) is 7.75. The van der Waals surface area contributed by atoms with Crippen molar-refractivity contribution in [2.45, 2.75) is 40.9 Å². The van der Waals surface area contributed by atoms with Gasteiger partial charge in [0, 0.05) is 33.0 Å². The second-order valence-electron chi connectivity index (χ2n) is 3.87. The Morgan fingerprint density at radius 1 is 0.864 bits per heavy atom. The summed E-state index contributed by atoms with van der Waals surface area (Å²) in [6.07, 6.45) is 3.73. The topological polar surface area (TPSA) is 36.3 Å². The Hall–Kier alpha value is -1.65. The lowest BCUT2D eigenvalue weighted by Gasteiger charge is -1.95. The minimum Gasteiger partial charge on any atom is -0.380 e. The molecule has 22 heavy (non-hydrogen) atoms. The Bertz CT molecular complexity index is 428. The number of methoxy groups -OCH3 is 2. The van der Waals surface area contributed by atoms with Crippen LogP contribution in [-0.4, -0.2) is 24.0 Å². The predicted octanol–water partition coefficient (Wildman–Crippen LogP) is 4.45. The van der Waals surface area contributed by atoms with Crippen molar-refractivity contribution in [2.24, 2.45) is 7.05 Å². The van der Waals surface area contributed by atoms with Gasteiger partial charge in [0.2, 0.25) is 0 Å². The van der Waals surface area contributed by atoms with Crippen molar-refractivity contribution in [1.29, 1.82) is 0 Å². The van der Waals surface area contributed by atoms with Crippen molar-refractivity contribution in [3.8, 4) is 0 Å². The minimum absolute atomic E-state index is 0.647. The Morgan fingerprint density at radius 3 is 1.77 bits per heavy atom. The molecule has 4 nitrogen and oxygen atoms in total. The van der Waals surface area contributed by atoms with Gasteiger partial charge in [-0.05, 0) is 5.56 Å². The molecule has 1 aromatic carbocycles. The Balaban J connectivity index is 0. The fourth-order valence-corrected chi connectivity index (χ4v) is 1.45. The van der Waals surface area contributed by atoms with Crippen LogP contribution in [0.1, 0.15) is 38.8 Å². The van der Waals surface area contributed by atoms with Crippen molar-refractivity contribution in [3.05, 3.63) is 53.9 Å². The Kier molecular flexibility index (Phi) is 17.9. The maximum absolute atomic E-state index is 4.93. The van der Waals surface area contributed by atoms with E-state index in [0.29, 0.717) is 13.2 Å². The van der Waals surface area contributed by atoms with Crippen molar-refractivity contribution in [1.82, 2.24) is 9.78 Å². The molecule has 0 amide bonds. The Morgan fingerprint density at radius 2 is 1.36 bits per heavy atom. The summed E-state index contributed by atoms with van der Waals surface area (Å²) in [5.74, 6) is 0. The van der Waals surface area contributed by atoms with Gasteiger partial charge in [0.15, 0.2) is 0 Å². The van der Waals surface area contributed by atoms with E-state index in [9.17, 15) is 0 Å². The number of hydrogen-bond donors (Lipinski definition) is 0. The Labute approximate surface area is 136 Å². The van der Waals surface area contributed by atoms with E-state index in [0.717, 1.165) is 5.56 Å². The zero-order valence-electron chi connectivity index (χ0n) is 15.2. The van der Waals surface area contributed by atoms with Crippen LogP contribution in [0.15, 0.2) is 42.7 Å². The quantitative estimate of drug-likeness (QED) is 0.837. The molecule has 0 aliphatic carbocycles. The van der Waals surface area contributed by atoms with Crippen molar-refractivity contribution in [3.63, 3.8) is 0 Å². The number of ether oxygens (including phenoxy) is 2. The molecule has 0 saturated heterocycles. The lowest BCUT2D eigenvalue weighted by Crippen LogP contribution is -1.85. The van der Waals surface area contributed by atoms with Gasteiger partial charge in [0.1, 0.15) is 0 Å². The monoisotopic (exact) mass is 308 g/mol. The molecule has 0 atom stereocenters. The third kappa shape index (κ3) is 12.1. The van der Waals surface area contributed by atoms with Crippen LogP contribution < -0.4 is 0 Å². The normalized spacial score (nSPS) is 8.50. The van der Waals surface area contributed by atoms with Crippen LogP contribution in [0.3, 0.4) is 0 Å². The third-order valence-electron chi connectivity index (χ3n) is 2.22. The molecule has 0 radical (unpaired) electrons. The highest BCUT2D eigenvalue weighted by molar-refractivity contribution is 5.13. The molecule has 0 spiro atoms. The molecule has 0 saturated carbocycles. The van der Waals surface area contributed by atoms with Gasteiger partial charge in [0.25, 0.3) is 0 Å². The van der Waals surface area contributed by atoms with Crippen LogP contribution in [0, 0.1) is 0 Å². The number of benzene rings is 1. The summed E-state index contributed by atoms with van der Waals surface area (Å²) in [5, 5.41) is 3.97. The van der Waals surface area contributed by atoms with Gasteiger partial charge in [-0.1, -0.05) is 58.0 Å². The van der Waals surface area contributed by atoms with E-state index < -0.39 is 0 Å². The molecular weight excluding hydrogens is 276 g/mol. The van der Waals surface area contributed by atoms with E-state index in [4.69, 9.17) is 9.47 Å². The highest BCUT2D eigenvalue weighted by Gasteiger charge is 1.91. The molecule has 1 heterocycles. The lowest BCUT2D eigenvalue weighted by atomic mass is 10.2. The van der Waals surface area contributed by atoms with E-state index in [1.54, 1.807) is 25.1 Å². The van der Waals surface area contributed by atoms with Gasteiger partial charge < -0.3 is 9.47 Å². The van der Waals surface area contributed by atoms with E-state index in [2.05, 4.69) is 5.10 Å². The number of hydrogen-bond acceptors (Lipinski definition) is 3. The molecule has 0 aliphatic rings. The van der Waals surface area contributed by atoms with Crippen molar-refractivity contribution >= 4 is 0 Å². The van der Waals surface area contributed by atoms with Gasteiger partial charge in [-0.25, -0.2) is 0 Å². The van der Waals surface area contributed by atoms with Crippen LogP contribution in [0.5, 0.6) is 0 Å². The lowest BCUT2D eigenvalue weighted by molar-refractivity contribution is 0.185. The van der Waals surface area contributed by atoms with E-state index >= 15 is 0 Å². The smallest absolute Gasteiger partial charge is 0.0743 e. The number of nitrogens with zero attached hydrogens (tertiary/aromatic N) is 2. The van der Waals surface area contributed by atoms with Crippen molar-refractivity contribution < 1.29 is 9.47 Å². The molecule has 126 valence electrons. The van der Waals surface area contributed by atoms with Crippen LogP contribution >= 0.6 is 0 Å². The third-order valence-corrected chi connectivity index (χ3v) is 2.22.